The number of nitrogens with zero attached hydrogens (tertiary/aromatic N) is 2. The number of carbonyl (C=O) groups excluding carboxylic acids is 1. The van der Waals surface area contributed by atoms with Gasteiger partial charge in [0.05, 0.1) is 7.11 Å². The van der Waals surface area contributed by atoms with Crippen LogP contribution in [0.1, 0.15) is 27.0 Å². The molecular weight excluding hydrogens is 350 g/mol. The summed E-state index contributed by atoms with van der Waals surface area (Å²) in [5.74, 6) is 0.450. The van der Waals surface area contributed by atoms with Crippen molar-refractivity contribution in [3.63, 3.8) is 0 Å². The summed E-state index contributed by atoms with van der Waals surface area (Å²) in [4.78, 5) is 18.9. The second-order valence-corrected chi connectivity index (χ2v) is 6.88. The fourth-order valence-electron chi connectivity index (χ4n) is 3.50. The molecule has 0 radical (unpaired) electrons. The minimum Gasteiger partial charge on any atom is -0.481 e. The van der Waals surface area contributed by atoms with Gasteiger partial charge >= 0.3 is 0 Å². The SMILES string of the molecule is COc1cc(CNC(=O)c2ccc(N3CCc4ccccc4C3)cc2)ccn1. The third-order valence-corrected chi connectivity index (χ3v) is 5.09. The highest BCUT2D eigenvalue weighted by molar-refractivity contribution is 5.94. The van der Waals surface area contributed by atoms with Crippen molar-refractivity contribution >= 4 is 11.6 Å². The lowest BCUT2D eigenvalue weighted by molar-refractivity contribution is 0.0951. The molecule has 3 aromatic rings. The summed E-state index contributed by atoms with van der Waals surface area (Å²) < 4.78 is 5.11. The maximum Gasteiger partial charge on any atom is 0.251 e. The van der Waals surface area contributed by atoms with E-state index in [0.29, 0.717) is 18.0 Å². The van der Waals surface area contributed by atoms with Crippen LogP contribution in [-0.2, 0) is 19.5 Å². The summed E-state index contributed by atoms with van der Waals surface area (Å²) in [6.07, 6.45) is 2.72. The first-order chi connectivity index (χ1) is 13.7. The first-order valence-electron chi connectivity index (χ1n) is 9.42. The van der Waals surface area contributed by atoms with E-state index in [-0.39, 0.29) is 5.91 Å². The van der Waals surface area contributed by atoms with Crippen LogP contribution in [0.15, 0.2) is 66.9 Å². The van der Waals surface area contributed by atoms with Gasteiger partial charge in [-0.2, -0.15) is 0 Å². The lowest BCUT2D eigenvalue weighted by Gasteiger charge is -2.30. The number of hydrogen-bond acceptors (Lipinski definition) is 4. The summed E-state index contributed by atoms with van der Waals surface area (Å²) in [6, 6.07) is 20.1. The highest BCUT2D eigenvalue weighted by atomic mass is 16.5. The van der Waals surface area contributed by atoms with E-state index in [4.69, 9.17) is 4.74 Å². The van der Waals surface area contributed by atoms with Crippen LogP contribution in [0.2, 0.25) is 0 Å². The van der Waals surface area contributed by atoms with Crippen LogP contribution in [0.25, 0.3) is 0 Å². The fraction of sp³-hybridized carbons (Fsp3) is 0.217. The van der Waals surface area contributed by atoms with Gasteiger partial charge < -0.3 is 15.0 Å². The van der Waals surface area contributed by atoms with E-state index < -0.39 is 0 Å². The van der Waals surface area contributed by atoms with E-state index in [9.17, 15) is 4.79 Å². The fourth-order valence-corrected chi connectivity index (χ4v) is 3.50. The highest BCUT2D eigenvalue weighted by Crippen LogP contribution is 2.24. The van der Waals surface area contributed by atoms with Crippen molar-refractivity contribution in [3.05, 3.63) is 89.1 Å². The van der Waals surface area contributed by atoms with Gasteiger partial charge in [-0.1, -0.05) is 24.3 Å². The molecule has 1 N–H and O–H groups in total. The Labute approximate surface area is 165 Å². The molecule has 0 unspecified atom stereocenters. The number of hydrogen-bond donors (Lipinski definition) is 1. The number of aromatic nitrogens is 1. The molecule has 0 fully saturated rings. The maximum atomic E-state index is 12.5. The van der Waals surface area contributed by atoms with Gasteiger partial charge in [-0.25, -0.2) is 4.98 Å². The average Bonchev–Trinajstić information content (AvgIpc) is 2.77. The molecule has 0 aliphatic carbocycles. The van der Waals surface area contributed by atoms with Crippen LogP contribution in [0.3, 0.4) is 0 Å². The molecule has 0 spiro atoms. The molecule has 2 aromatic carbocycles. The topological polar surface area (TPSA) is 54.5 Å². The Hall–Kier alpha value is -3.34. The normalized spacial score (nSPS) is 13.0. The number of anilines is 1. The van der Waals surface area contributed by atoms with Crippen molar-refractivity contribution in [1.29, 1.82) is 0 Å². The Balaban J connectivity index is 1.38. The van der Waals surface area contributed by atoms with E-state index in [2.05, 4.69) is 39.5 Å². The third kappa shape index (κ3) is 3.98. The van der Waals surface area contributed by atoms with E-state index in [1.165, 1.54) is 11.1 Å². The molecule has 1 aliphatic heterocycles. The van der Waals surface area contributed by atoms with Gasteiger partial charge in [0.2, 0.25) is 5.88 Å². The number of amides is 1. The van der Waals surface area contributed by atoms with Gasteiger partial charge in [-0.05, 0) is 53.4 Å². The lowest BCUT2D eigenvalue weighted by atomic mass is 9.99. The third-order valence-electron chi connectivity index (χ3n) is 5.09. The average molecular weight is 373 g/mol. The van der Waals surface area contributed by atoms with Gasteiger partial charge in [0.25, 0.3) is 5.91 Å². The zero-order valence-electron chi connectivity index (χ0n) is 15.9. The smallest absolute Gasteiger partial charge is 0.251 e. The maximum absolute atomic E-state index is 12.5. The molecule has 5 heteroatoms. The van der Waals surface area contributed by atoms with E-state index in [1.54, 1.807) is 13.3 Å². The predicted octanol–water partition coefficient (Wildman–Crippen LogP) is 3.58. The monoisotopic (exact) mass is 373 g/mol. The number of carbonyl (C=O) groups is 1. The summed E-state index contributed by atoms with van der Waals surface area (Å²) in [7, 11) is 1.58. The molecule has 0 saturated heterocycles. The molecule has 4 rings (SSSR count). The molecule has 0 atom stereocenters. The molecule has 0 saturated carbocycles. The first kappa shape index (κ1) is 18.0. The number of methoxy groups -OCH3 is 1. The molecule has 28 heavy (non-hydrogen) atoms. The molecule has 2 heterocycles. The summed E-state index contributed by atoms with van der Waals surface area (Å²) in [5, 5.41) is 2.94. The van der Waals surface area contributed by atoms with E-state index in [0.717, 1.165) is 30.8 Å². The second-order valence-electron chi connectivity index (χ2n) is 6.88. The Morgan fingerprint density at radius 1 is 1.11 bits per heavy atom. The van der Waals surface area contributed by atoms with Crippen molar-refractivity contribution in [2.45, 2.75) is 19.5 Å². The Bertz CT molecular complexity index is 970. The van der Waals surface area contributed by atoms with Crippen molar-refractivity contribution in [2.24, 2.45) is 0 Å². The zero-order chi connectivity index (χ0) is 19.3. The van der Waals surface area contributed by atoms with Gasteiger partial charge in [-0.15, -0.1) is 0 Å². The highest BCUT2D eigenvalue weighted by Gasteiger charge is 2.16. The molecule has 1 aromatic heterocycles. The van der Waals surface area contributed by atoms with E-state index in [1.807, 2.05) is 36.4 Å². The van der Waals surface area contributed by atoms with Crippen LogP contribution >= 0.6 is 0 Å². The van der Waals surface area contributed by atoms with Crippen LogP contribution < -0.4 is 15.0 Å². The minimum atomic E-state index is -0.0914. The number of benzene rings is 2. The number of pyridine rings is 1. The van der Waals surface area contributed by atoms with Gasteiger partial charge in [0.1, 0.15) is 0 Å². The molecule has 1 aliphatic rings. The van der Waals surface area contributed by atoms with Crippen LogP contribution in [0.4, 0.5) is 5.69 Å². The van der Waals surface area contributed by atoms with Crippen molar-refractivity contribution in [1.82, 2.24) is 10.3 Å². The molecule has 142 valence electrons. The van der Waals surface area contributed by atoms with E-state index >= 15 is 0 Å². The Morgan fingerprint density at radius 3 is 2.68 bits per heavy atom. The second kappa shape index (κ2) is 8.13. The molecular formula is C23H23N3O2. The summed E-state index contributed by atoms with van der Waals surface area (Å²) in [6.45, 7) is 2.33. The van der Waals surface area contributed by atoms with Crippen LogP contribution in [-0.4, -0.2) is 24.5 Å². The van der Waals surface area contributed by atoms with Gasteiger partial charge in [-0.3, -0.25) is 4.79 Å². The van der Waals surface area contributed by atoms with Crippen LogP contribution in [0, 0.1) is 0 Å². The largest absolute Gasteiger partial charge is 0.481 e. The van der Waals surface area contributed by atoms with Crippen molar-refractivity contribution < 1.29 is 9.53 Å². The van der Waals surface area contributed by atoms with Crippen molar-refractivity contribution in [3.8, 4) is 5.88 Å². The quantitative estimate of drug-likeness (QED) is 0.743. The molecule has 1 amide bonds. The summed E-state index contributed by atoms with van der Waals surface area (Å²) >= 11 is 0. The Morgan fingerprint density at radius 2 is 1.89 bits per heavy atom. The molecule has 0 bridgehead atoms. The van der Waals surface area contributed by atoms with Crippen molar-refractivity contribution in [2.75, 3.05) is 18.6 Å². The minimum absolute atomic E-state index is 0.0914. The first-order valence-corrected chi connectivity index (χ1v) is 9.42. The lowest BCUT2D eigenvalue weighted by Crippen LogP contribution is -2.30. The standard InChI is InChI=1S/C23H23N3O2/c1-28-22-14-17(10-12-24-22)15-25-23(27)19-6-8-21(9-7-19)26-13-11-18-4-2-3-5-20(18)16-26/h2-10,12,14H,11,13,15-16H2,1H3,(H,25,27). The summed E-state index contributed by atoms with van der Waals surface area (Å²) in [5.41, 5.74) is 5.56. The van der Waals surface area contributed by atoms with Gasteiger partial charge in [0, 0.05) is 43.1 Å². The number of rotatable bonds is 5. The predicted molar refractivity (Wildman–Crippen MR) is 110 cm³/mol. The number of fused-ring (bicyclic) bond motifs is 1. The Kier molecular flexibility index (Phi) is 5.24. The van der Waals surface area contributed by atoms with Crippen LogP contribution in [0.5, 0.6) is 5.88 Å². The zero-order valence-corrected chi connectivity index (χ0v) is 15.9. The molecule has 5 nitrogen and oxygen atoms in total. The van der Waals surface area contributed by atoms with Gasteiger partial charge in [0.15, 0.2) is 0 Å². The number of nitrogens with one attached hydrogen (secondary N) is 1. The number of ether oxygens (including phenoxy) is 1.